The molecule has 0 fully saturated rings. The molecule has 2 amide bonds. The largest absolute Gasteiger partial charge is 0.341 e. The first-order valence-electron chi connectivity index (χ1n) is 7.61. The van der Waals surface area contributed by atoms with E-state index in [0.717, 1.165) is 6.42 Å². The molecule has 0 radical (unpaired) electrons. The van der Waals surface area contributed by atoms with E-state index in [9.17, 15) is 9.59 Å². The van der Waals surface area contributed by atoms with E-state index in [1.807, 2.05) is 27.7 Å². The van der Waals surface area contributed by atoms with Gasteiger partial charge in [0.15, 0.2) is 0 Å². The van der Waals surface area contributed by atoms with E-state index >= 15 is 0 Å². The van der Waals surface area contributed by atoms with Crippen molar-refractivity contribution in [3.05, 3.63) is 34.9 Å². The summed E-state index contributed by atoms with van der Waals surface area (Å²) in [5.41, 5.74) is 0.383. The minimum Gasteiger partial charge on any atom is -0.341 e. The Bertz CT molecular complexity index is 531. The molecule has 1 rings (SSSR count). The van der Waals surface area contributed by atoms with Gasteiger partial charge in [0.2, 0.25) is 5.91 Å². The Balaban J connectivity index is 2.91. The summed E-state index contributed by atoms with van der Waals surface area (Å²) < 4.78 is 0. The maximum Gasteiger partial charge on any atom is 0.253 e. The van der Waals surface area contributed by atoms with Gasteiger partial charge in [-0.05, 0) is 31.4 Å². The van der Waals surface area contributed by atoms with Crippen LogP contribution in [0.5, 0.6) is 0 Å². The molecule has 0 aliphatic carbocycles. The van der Waals surface area contributed by atoms with Crippen molar-refractivity contribution in [2.45, 2.75) is 46.2 Å². The third kappa shape index (κ3) is 4.47. The second-order valence-electron chi connectivity index (χ2n) is 5.88. The second kappa shape index (κ2) is 8.18. The fourth-order valence-electron chi connectivity index (χ4n) is 2.09. The molecule has 5 heteroatoms. The SMILES string of the molecule is CCC(C)N(C)C(=O)C(NC(=O)c1ccccc1Cl)C(C)C. The highest BCUT2D eigenvalue weighted by Gasteiger charge is 2.29. The van der Waals surface area contributed by atoms with Crippen LogP contribution in [0.2, 0.25) is 5.02 Å². The average molecular weight is 325 g/mol. The van der Waals surface area contributed by atoms with Crippen molar-refractivity contribution in [1.82, 2.24) is 10.2 Å². The van der Waals surface area contributed by atoms with Crippen molar-refractivity contribution in [2.75, 3.05) is 7.05 Å². The lowest BCUT2D eigenvalue weighted by Gasteiger charge is -2.30. The quantitative estimate of drug-likeness (QED) is 0.872. The minimum atomic E-state index is -0.567. The van der Waals surface area contributed by atoms with Gasteiger partial charge in [-0.1, -0.05) is 44.5 Å². The van der Waals surface area contributed by atoms with Gasteiger partial charge >= 0.3 is 0 Å². The number of hydrogen-bond acceptors (Lipinski definition) is 2. The van der Waals surface area contributed by atoms with Gasteiger partial charge in [-0.2, -0.15) is 0 Å². The topological polar surface area (TPSA) is 49.4 Å². The number of amides is 2. The molecule has 2 atom stereocenters. The molecule has 0 spiro atoms. The van der Waals surface area contributed by atoms with E-state index in [2.05, 4.69) is 5.32 Å². The molecule has 1 aromatic rings. The number of nitrogens with one attached hydrogen (secondary N) is 1. The number of rotatable bonds is 6. The first-order chi connectivity index (χ1) is 10.3. The molecule has 0 saturated heterocycles. The lowest BCUT2D eigenvalue weighted by atomic mass is 10.0. The van der Waals surface area contributed by atoms with Gasteiger partial charge in [0.25, 0.3) is 5.91 Å². The van der Waals surface area contributed by atoms with Crippen molar-refractivity contribution >= 4 is 23.4 Å². The van der Waals surface area contributed by atoms with E-state index < -0.39 is 6.04 Å². The van der Waals surface area contributed by atoms with Crippen molar-refractivity contribution < 1.29 is 9.59 Å². The molecule has 0 bridgehead atoms. The minimum absolute atomic E-state index is 0.00885. The van der Waals surface area contributed by atoms with Crippen LogP contribution < -0.4 is 5.32 Å². The Kier molecular flexibility index (Phi) is 6.88. The summed E-state index contributed by atoms with van der Waals surface area (Å²) in [5.74, 6) is -0.412. The Morgan fingerprint density at radius 3 is 2.32 bits per heavy atom. The summed E-state index contributed by atoms with van der Waals surface area (Å²) in [6.07, 6.45) is 0.867. The number of carbonyl (C=O) groups is 2. The number of carbonyl (C=O) groups excluding carboxylic acids is 2. The zero-order valence-electron chi connectivity index (χ0n) is 13.9. The lowest BCUT2D eigenvalue weighted by Crippen LogP contribution is -2.52. The summed E-state index contributed by atoms with van der Waals surface area (Å²) in [7, 11) is 1.77. The highest BCUT2D eigenvalue weighted by atomic mass is 35.5. The number of benzene rings is 1. The van der Waals surface area contributed by atoms with E-state index in [-0.39, 0.29) is 23.8 Å². The molecule has 0 aromatic heterocycles. The molecule has 0 aliphatic rings. The fraction of sp³-hybridized carbons (Fsp3) is 0.529. The Morgan fingerprint density at radius 1 is 1.23 bits per heavy atom. The van der Waals surface area contributed by atoms with Crippen LogP contribution in [-0.2, 0) is 4.79 Å². The summed E-state index contributed by atoms with van der Waals surface area (Å²) in [4.78, 5) is 26.7. The zero-order chi connectivity index (χ0) is 16.9. The van der Waals surface area contributed by atoms with Crippen LogP contribution in [0.3, 0.4) is 0 Å². The number of likely N-dealkylation sites (N-methyl/N-ethyl adjacent to an activating group) is 1. The van der Waals surface area contributed by atoms with Gasteiger partial charge in [-0.25, -0.2) is 0 Å². The average Bonchev–Trinajstić information content (AvgIpc) is 2.50. The molecule has 1 aromatic carbocycles. The lowest BCUT2D eigenvalue weighted by molar-refractivity contribution is -0.134. The van der Waals surface area contributed by atoms with Crippen LogP contribution in [-0.4, -0.2) is 35.8 Å². The molecule has 122 valence electrons. The normalized spacial score (nSPS) is 13.6. The number of halogens is 1. The van der Waals surface area contributed by atoms with Crippen molar-refractivity contribution in [2.24, 2.45) is 5.92 Å². The van der Waals surface area contributed by atoms with Gasteiger partial charge in [0.1, 0.15) is 6.04 Å². The maximum absolute atomic E-state index is 12.6. The number of hydrogen-bond donors (Lipinski definition) is 1. The summed E-state index contributed by atoms with van der Waals surface area (Å²) >= 11 is 6.04. The van der Waals surface area contributed by atoms with Gasteiger partial charge in [0, 0.05) is 13.1 Å². The summed E-state index contributed by atoms with van der Waals surface area (Å²) in [6, 6.07) is 6.39. The molecule has 0 aliphatic heterocycles. The Hall–Kier alpha value is -1.55. The molecule has 1 N–H and O–H groups in total. The predicted octanol–water partition coefficient (Wildman–Crippen LogP) is 3.35. The van der Waals surface area contributed by atoms with Crippen molar-refractivity contribution in [1.29, 1.82) is 0 Å². The molecular formula is C17H25ClN2O2. The molecule has 0 saturated carbocycles. The van der Waals surface area contributed by atoms with Crippen LogP contribution in [0.25, 0.3) is 0 Å². The smallest absolute Gasteiger partial charge is 0.253 e. The molecule has 0 heterocycles. The van der Waals surface area contributed by atoms with Gasteiger partial charge < -0.3 is 10.2 Å². The second-order valence-corrected chi connectivity index (χ2v) is 6.29. The van der Waals surface area contributed by atoms with E-state index in [0.29, 0.717) is 10.6 Å². The first kappa shape index (κ1) is 18.5. The number of nitrogens with zero attached hydrogens (tertiary/aromatic N) is 1. The highest BCUT2D eigenvalue weighted by Crippen LogP contribution is 2.16. The van der Waals surface area contributed by atoms with Gasteiger partial charge in [0.05, 0.1) is 10.6 Å². The first-order valence-corrected chi connectivity index (χ1v) is 7.99. The van der Waals surface area contributed by atoms with Gasteiger partial charge in [-0.3, -0.25) is 9.59 Å². The van der Waals surface area contributed by atoms with E-state index in [4.69, 9.17) is 11.6 Å². The molecule has 2 unspecified atom stereocenters. The Morgan fingerprint density at radius 2 is 1.82 bits per heavy atom. The van der Waals surface area contributed by atoms with Gasteiger partial charge in [-0.15, -0.1) is 0 Å². The van der Waals surface area contributed by atoms with Crippen LogP contribution in [0, 0.1) is 5.92 Å². The summed E-state index contributed by atoms with van der Waals surface area (Å²) in [5, 5.41) is 3.20. The third-order valence-corrected chi connectivity index (χ3v) is 4.27. The van der Waals surface area contributed by atoms with Crippen LogP contribution >= 0.6 is 11.6 Å². The highest BCUT2D eigenvalue weighted by molar-refractivity contribution is 6.33. The maximum atomic E-state index is 12.6. The van der Waals surface area contributed by atoms with E-state index in [1.165, 1.54) is 0 Å². The van der Waals surface area contributed by atoms with Crippen LogP contribution in [0.1, 0.15) is 44.5 Å². The van der Waals surface area contributed by atoms with Crippen molar-refractivity contribution in [3.63, 3.8) is 0 Å². The van der Waals surface area contributed by atoms with E-state index in [1.54, 1.807) is 36.2 Å². The standard InChI is InChI=1S/C17H25ClN2O2/c1-6-12(4)20(5)17(22)15(11(2)3)19-16(21)13-9-7-8-10-14(13)18/h7-12,15H,6H2,1-5H3,(H,19,21). The molecule has 4 nitrogen and oxygen atoms in total. The monoisotopic (exact) mass is 324 g/mol. The zero-order valence-corrected chi connectivity index (χ0v) is 14.6. The van der Waals surface area contributed by atoms with Crippen LogP contribution in [0.15, 0.2) is 24.3 Å². The molecule has 22 heavy (non-hydrogen) atoms. The Labute approximate surface area is 137 Å². The summed E-state index contributed by atoms with van der Waals surface area (Å²) in [6.45, 7) is 7.85. The third-order valence-electron chi connectivity index (χ3n) is 3.94. The molecular weight excluding hydrogens is 300 g/mol. The fourth-order valence-corrected chi connectivity index (χ4v) is 2.31. The predicted molar refractivity (Wildman–Crippen MR) is 90.1 cm³/mol. The van der Waals surface area contributed by atoms with Crippen LogP contribution in [0.4, 0.5) is 0 Å². The van der Waals surface area contributed by atoms with Crippen molar-refractivity contribution in [3.8, 4) is 0 Å².